The minimum absolute atomic E-state index is 0.00657. The summed E-state index contributed by atoms with van der Waals surface area (Å²) in [4.78, 5) is 80.5. The minimum Gasteiger partial charge on any atom is -0.483 e. The third-order valence-corrected chi connectivity index (χ3v) is 10.3. The molecule has 3 atom stereocenters. The lowest BCUT2D eigenvalue weighted by molar-refractivity contribution is -0.136. The van der Waals surface area contributed by atoms with Crippen LogP contribution < -0.4 is 26.0 Å². The molecular weight excluding hydrogens is 740 g/mol. The first-order valence-corrected chi connectivity index (χ1v) is 19.5. The molecule has 1 saturated carbocycles. The standard InChI is InChI=1S/C39H50N8O10/c1-3-24(4-2)28-21-32(47-31(44-28)12-13-41-47)42-25-8-9-26(20-25)43-35(50)22-56-19-18-55-17-16-54-15-14-40-34(49)23-57-30-7-5-6-27-36(30)39(53)46(38(27)52)29-10-11-33(48)45-37(29)51/h5-7,12-13,21,24-26,29,42H,3-4,8-11,14-20,22-23H2,1-2H3,(H,40,49)(H,43,50)(H,45,48,51)/t25-,26-,29?/m0/s1. The molecule has 6 amide bonds. The van der Waals surface area contributed by atoms with E-state index in [1.165, 1.54) is 18.2 Å². The number of carbonyl (C=O) groups excluding carboxylic acids is 6. The first-order chi connectivity index (χ1) is 27.7. The summed E-state index contributed by atoms with van der Waals surface area (Å²) in [6, 6.07) is 7.59. The Morgan fingerprint density at radius 3 is 2.42 bits per heavy atom. The highest BCUT2D eigenvalue weighted by atomic mass is 16.5. The number of nitrogens with one attached hydrogen (secondary N) is 4. The Morgan fingerprint density at radius 1 is 0.895 bits per heavy atom. The fourth-order valence-electron chi connectivity index (χ4n) is 7.34. The Kier molecular flexibility index (Phi) is 14.2. The third-order valence-electron chi connectivity index (χ3n) is 10.3. The lowest BCUT2D eigenvalue weighted by atomic mass is 9.99. The quantitative estimate of drug-likeness (QED) is 0.0894. The molecule has 6 rings (SSSR count). The monoisotopic (exact) mass is 790 g/mol. The molecule has 1 saturated heterocycles. The van der Waals surface area contributed by atoms with E-state index in [1.54, 1.807) is 6.20 Å². The molecule has 0 spiro atoms. The highest BCUT2D eigenvalue weighted by Crippen LogP contribution is 2.34. The van der Waals surface area contributed by atoms with Gasteiger partial charge in [-0.1, -0.05) is 19.9 Å². The summed E-state index contributed by atoms with van der Waals surface area (Å²) in [7, 11) is 0. The maximum absolute atomic E-state index is 13.2. The van der Waals surface area contributed by atoms with Crippen molar-refractivity contribution in [3.63, 3.8) is 0 Å². The number of amides is 6. The average molecular weight is 791 g/mol. The van der Waals surface area contributed by atoms with Crippen LogP contribution in [0.4, 0.5) is 5.82 Å². The van der Waals surface area contributed by atoms with Crippen molar-refractivity contribution >= 4 is 46.9 Å². The summed E-state index contributed by atoms with van der Waals surface area (Å²) in [6.07, 6.45) is 6.42. The molecule has 1 unspecified atom stereocenters. The number of nitrogens with zero attached hydrogens (tertiary/aromatic N) is 4. The molecule has 1 aromatic carbocycles. The number of hydrogen-bond acceptors (Lipinski definition) is 13. The topological polar surface area (TPSA) is 221 Å². The van der Waals surface area contributed by atoms with Gasteiger partial charge in [0, 0.05) is 48.8 Å². The van der Waals surface area contributed by atoms with Crippen molar-refractivity contribution in [1.82, 2.24) is 35.4 Å². The minimum atomic E-state index is -1.11. The molecule has 4 N–H and O–H groups in total. The molecule has 0 bridgehead atoms. The number of benzene rings is 1. The zero-order chi connectivity index (χ0) is 40.3. The molecule has 306 valence electrons. The van der Waals surface area contributed by atoms with Crippen LogP contribution >= 0.6 is 0 Å². The molecule has 3 aromatic rings. The van der Waals surface area contributed by atoms with E-state index in [-0.39, 0.29) is 87.3 Å². The summed E-state index contributed by atoms with van der Waals surface area (Å²) < 4.78 is 23.9. The first-order valence-electron chi connectivity index (χ1n) is 19.5. The second-order valence-corrected chi connectivity index (χ2v) is 14.1. The van der Waals surface area contributed by atoms with Gasteiger partial charge in [0.05, 0.1) is 50.4 Å². The lowest BCUT2D eigenvalue weighted by Crippen LogP contribution is -2.54. The van der Waals surface area contributed by atoms with Crippen LogP contribution in [0, 0.1) is 0 Å². The second kappa shape index (κ2) is 19.6. The van der Waals surface area contributed by atoms with Gasteiger partial charge in [-0.3, -0.25) is 39.0 Å². The zero-order valence-corrected chi connectivity index (χ0v) is 32.3. The van der Waals surface area contributed by atoms with Crippen molar-refractivity contribution in [3.8, 4) is 5.75 Å². The second-order valence-electron chi connectivity index (χ2n) is 14.1. The smallest absolute Gasteiger partial charge is 0.266 e. The molecule has 57 heavy (non-hydrogen) atoms. The largest absolute Gasteiger partial charge is 0.483 e. The molecule has 4 heterocycles. The van der Waals surface area contributed by atoms with Gasteiger partial charge in [-0.2, -0.15) is 9.61 Å². The zero-order valence-electron chi connectivity index (χ0n) is 32.3. The number of hydrogen-bond donors (Lipinski definition) is 4. The fraction of sp³-hybridized carbons (Fsp3) is 0.538. The molecule has 2 aromatic heterocycles. The van der Waals surface area contributed by atoms with Crippen LogP contribution in [0.5, 0.6) is 5.75 Å². The Balaban J connectivity index is 0.788. The van der Waals surface area contributed by atoms with E-state index in [0.29, 0.717) is 12.5 Å². The van der Waals surface area contributed by atoms with E-state index in [9.17, 15) is 28.8 Å². The van der Waals surface area contributed by atoms with Crippen LogP contribution in [-0.2, 0) is 33.4 Å². The van der Waals surface area contributed by atoms with Gasteiger partial charge >= 0.3 is 0 Å². The van der Waals surface area contributed by atoms with Gasteiger partial charge in [0.1, 0.15) is 24.2 Å². The van der Waals surface area contributed by atoms with E-state index in [0.717, 1.165) is 54.2 Å². The molecule has 1 aliphatic carbocycles. The average Bonchev–Trinajstić information content (AvgIpc) is 3.92. The highest BCUT2D eigenvalue weighted by Gasteiger charge is 2.46. The van der Waals surface area contributed by atoms with E-state index < -0.39 is 42.2 Å². The van der Waals surface area contributed by atoms with Crippen LogP contribution in [0.3, 0.4) is 0 Å². The SMILES string of the molecule is CCC(CC)c1cc(N[C@H]2CC[C@H](NC(=O)COCCOCCOCCNC(=O)COc3cccc4c3C(=O)N(C3CCC(=O)NC3=O)C4=O)C2)n2nccc2n1. The summed E-state index contributed by atoms with van der Waals surface area (Å²) in [6.45, 7) is 5.40. The predicted octanol–water partition coefficient (Wildman–Crippen LogP) is 1.73. The van der Waals surface area contributed by atoms with Gasteiger partial charge in [-0.25, -0.2) is 4.98 Å². The number of fused-ring (bicyclic) bond motifs is 2. The Hall–Kier alpha value is -5.46. The van der Waals surface area contributed by atoms with Crippen molar-refractivity contribution in [2.24, 2.45) is 0 Å². The normalized spacial score (nSPS) is 19.3. The molecule has 18 nitrogen and oxygen atoms in total. The van der Waals surface area contributed by atoms with E-state index >= 15 is 0 Å². The van der Waals surface area contributed by atoms with Crippen molar-refractivity contribution in [2.45, 2.75) is 82.8 Å². The highest BCUT2D eigenvalue weighted by molar-refractivity contribution is 6.24. The molecular formula is C39H50N8O10. The Labute approximate surface area is 329 Å². The van der Waals surface area contributed by atoms with Crippen LogP contribution in [0.1, 0.15) is 91.1 Å². The summed E-state index contributed by atoms with van der Waals surface area (Å²) in [5, 5.41) is 16.0. The van der Waals surface area contributed by atoms with Crippen LogP contribution in [-0.4, -0.2) is 126 Å². The molecule has 18 heteroatoms. The van der Waals surface area contributed by atoms with Crippen molar-refractivity contribution < 1.29 is 47.7 Å². The Bertz CT molecular complexity index is 1950. The maximum Gasteiger partial charge on any atom is 0.266 e. The van der Waals surface area contributed by atoms with E-state index in [4.69, 9.17) is 23.9 Å². The van der Waals surface area contributed by atoms with Gasteiger partial charge < -0.3 is 34.9 Å². The van der Waals surface area contributed by atoms with Crippen molar-refractivity contribution in [1.29, 1.82) is 0 Å². The third kappa shape index (κ3) is 10.3. The number of ether oxygens (including phenoxy) is 4. The first kappa shape index (κ1) is 41.2. The number of rotatable bonds is 21. The molecule has 2 fully saturated rings. The van der Waals surface area contributed by atoms with Gasteiger partial charge in [-0.05, 0) is 50.7 Å². The maximum atomic E-state index is 13.2. The van der Waals surface area contributed by atoms with Crippen LogP contribution in [0.15, 0.2) is 36.5 Å². The fourth-order valence-corrected chi connectivity index (χ4v) is 7.34. The summed E-state index contributed by atoms with van der Waals surface area (Å²) >= 11 is 0. The molecule has 3 aliphatic rings. The van der Waals surface area contributed by atoms with Crippen LogP contribution in [0.2, 0.25) is 0 Å². The number of aromatic nitrogens is 3. The lowest BCUT2D eigenvalue weighted by Gasteiger charge is -2.27. The molecule has 2 aliphatic heterocycles. The number of imide groups is 2. The van der Waals surface area contributed by atoms with E-state index in [1.807, 2.05) is 10.6 Å². The van der Waals surface area contributed by atoms with Crippen molar-refractivity contribution in [3.05, 3.63) is 53.3 Å². The van der Waals surface area contributed by atoms with E-state index in [2.05, 4.69) is 46.3 Å². The van der Waals surface area contributed by atoms with Crippen molar-refractivity contribution in [2.75, 3.05) is 58.1 Å². The van der Waals surface area contributed by atoms with Crippen LogP contribution in [0.25, 0.3) is 5.65 Å². The molecule has 0 radical (unpaired) electrons. The number of anilines is 1. The van der Waals surface area contributed by atoms with Gasteiger partial charge in [0.15, 0.2) is 12.3 Å². The Morgan fingerprint density at radius 2 is 1.65 bits per heavy atom. The predicted molar refractivity (Wildman–Crippen MR) is 204 cm³/mol. The van der Waals surface area contributed by atoms with Gasteiger partial charge in [0.2, 0.25) is 17.7 Å². The number of carbonyl (C=O) groups is 6. The van der Waals surface area contributed by atoms with Gasteiger partial charge in [-0.15, -0.1) is 0 Å². The van der Waals surface area contributed by atoms with Gasteiger partial charge in [0.25, 0.3) is 17.7 Å². The summed E-state index contributed by atoms with van der Waals surface area (Å²) in [5.74, 6) is -1.85. The number of piperidine rings is 1. The summed E-state index contributed by atoms with van der Waals surface area (Å²) in [5.41, 5.74) is 1.91.